The minimum atomic E-state index is 0.124. The molecule has 10 rings (SSSR count). The maximum absolute atomic E-state index is 2.55. The van der Waals surface area contributed by atoms with Crippen LogP contribution in [0.25, 0.3) is 34.1 Å². The van der Waals surface area contributed by atoms with Gasteiger partial charge in [-0.3, -0.25) is 0 Å². The van der Waals surface area contributed by atoms with Crippen molar-refractivity contribution < 1.29 is 0 Å². The molecule has 5 aliphatic carbocycles. The van der Waals surface area contributed by atoms with Gasteiger partial charge >= 0.3 is 0 Å². The predicted octanol–water partition coefficient (Wildman–Crippen LogP) is 16.5. The van der Waals surface area contributed by atoms with Gasteiger partial charge in [-0.25, -0.2) is 0 Å². The maximum Gasteiger partial charge on any atom is 0.0102 e. The van der Waals surface area contributed by atoms with Crippen LogP contribution in [0.4, 0.5) is 0 Å². The molecule has 0 N–H and O–H groups in total. The summed E-state index contributed by atoms with van der Waals surface area (Å²) < 4.78 is 0. The first-order valence-corrected chi connectivity index (χ1v) is 24.4. The van der Waals surface area contributed by atoms with Crippen molar-refractivity contribution >= 4 is 34.1 Å². The summed E-state index contributed by atoms with van der Waals surface area (Å²) in [5.41, 5.74) is 21.2. The smallest absolute Gasteiger partial charge is 0.0102 e. The fraction of sp³-hybridized carbons (Fsp3) is 0.387. The molecule has 62 heavy (non-hydrogen) atoms. The van der Waals surface area contributed by atoms with Gasteiger partial charge in [-0.05, 0) is 132 Å². The number of benzene rings is 5. The molecular weight excluding hydrogens is 745 g/mol. The van der Waals surface area contributed by atoms with Crippen LogP contribution in [-0.4, -0.2) is 0 Å². The summed E-state index contributed by atoms with van der Waals surface area (Å²) in [6.07, 6.45) is 16.4. The van der Waals surface area contributed by atoms with Crippen LogP contribution in [0, 0.1) is 5.41 Å². The summed E-state index contributed by atoms with van der Waals surface area (Å²) in [4.78, 5) is 0. The molecule has 0 spiro atoms. The highest BCUT2D eigenvalue weighted by atomic mass is 14.4. The Kier molecular flexibility index (Phi) is 14.7. The minimum Gasteiger partial charge on any atom is -0.0683 e. The van der Waals surface area contributed by atoms with Crippen molar-refractivity contribution in [2.24, 2.45) is 5.41 Å². The lowest BCUT2D eigenvalue weighted by atomic mass is 9.70. The zero-order valence-corrected chi connectivity index (χ0v) is 40.9. The van der Waals surface area contributed by atoms with E-state index in [1.165, 1.54) is 71.3 Å². The minimum absolute atomic E-state index is 0.124. The van der Waals surface area contributed by atoms with Gasteiger partial charge in [0.1, 0.15) is 0 Å². The molecule has 0 aliphatic heterocycles. The molecule has 0 nitrogen and oxygen atoms in total. The SMILES string of the molecule is CC.CC.CC.CC.CC(C)(C)C1=CC=C(C2=c3ccc4c5c(ccc(c35)C(C3=Cc5ccccc5C3)C2)=C(c2ccc(C(C)(C)C)cc2)CC4C2=Cc3ccccc3C2)CC1. The average Bonchev–Trinajstić information content (AvgIpc) is 3.95. The Morgan fingerprint density at radius 3 is 1.35 bits per heavy atom. The van der Waals surface area contributed by atoms with E-state index in [-0.39, 0.29) is 10.8 Å². The third-order valence-electron chi connectivity index (χ3n) is 13.5. The highest BCUT2D eigenvalue weighted by Crippen LogP contribution is 2.49. The Morgan fingerprint density at radius 1 is 0.452 bits per heavy atom. The summed E-state index contributed by atoms with van der Waals surface area (Å²) in [6, 6.07) is 37.8. The normalized spacial score (nSPS) is 18.1. The summed E-state index contributed by atoms with van der Waals surface area (Å²) in [6.45, 7) is 30.0. The number of hydrogen-bond acceptors (Lipinski definition) is 0. The first kappa shape index (κ1) is 46.6. The van der Waals surface area contributed by atoms with E-state index >= 15 is 0 Å². The third-order valence-corrected chi connectivity index (χ3v) is 13.5. The Morgan fingerprint density at radius 2 is 0.919 bits per heavy atom. The molecule has 0 heteroatoms. The molecule has 5 aromatic carbocycles. The third kappa shape index (κ3) is 8.82. The fourth-order valence-corrected chi connectivity index (χ4v) is 10.5. The van der Waals surface area contributed by atoms with Crippen molar-refractivity contribution in [3.63, 3.8) is 0 Å². The van der Waals surface area contributed by atoms with Crippen LogP contribution >= 0.6 is 0 Å². The molecule has 0 amide bonds. The molecule has 0 aromatic heterocycles. The summed E-state index contributed by atoms with van der Waals surface area (Å²) in [5.74, 6) is 0.708. The molecule has 0 heterocycles. The lowest BCUT2D eigenvalue weighted by Gasteiger charge is -2.34. The van der Waals surface area contributed by atoms with E-state index in [2.05, 4.69) is 163 Å². The fourth-order valence-electron chi connectivity index (χ4n) is 10.5. The Balaban J connectivity index is 0.000000760. The molecule has 5 aliphatic rings. The predicted molar refractivity (Wildman–Crippen MR) is 275 cm³/mol. The molecule has 0 bridgehead atoms. The van der Waals surface area contributed by atoms with E-state index in [1.54, 1.807) is 27.9 Å². The first-order chi connectivity index (χ1) is 30.0. The summed E-state index contributed by atoms with van der Waals surface area (Å²) >= 11 is 0. The van der Waals surface area contributed by atoms with E-state index in [1.807, 2.05) is 55.4 Å². The summed E-state index contributed by atoms with van der Waals surface area (Å²) in [7, 11) is 0. The van der Waals surface area contributed by atoms with Crippen LogP contribution in [-0.2, 0) is 18.3 Å². The van der Waals surface area contributed by atoms with Gasteiger partial charge in [-0.2, -0.15) is 0 Å². The van der Waals surface area contributed by atoms with Gasteiger partial charge < -0.3 is 0 Å². The van der Waals surface area contributed by atoms with Gasteiger partial charge in [0.25, 0.3) is 0 Å². The van der Waals surface area contributed by atoms with Gasteiger partial charge in [0.2, 0.25) is 0 Å². The van der Waals surface area contributed by atoms with Gasteiger partial charge in [-0.1, -0.05) is 235 Å². The van der Waals surface area contributed by atoms with Gasteiger partial charge in [0, 0.05) is 11.8 Å². The van der Waals surface area contributed by atoms with E-state index in [0.29, 0.717) is 11.8 Å². The van der Waals surface area contributed by atoms with Gasteiger partial charge in [0.15, 0.2) is 0 Å². The van der Waals surface area contributed by atoms with E-state index in [4.69, 9.17) is 0 Å². The van der Waals surface area contributed by atoms with Crippen molar-refractivity contribution in [3.05, 3.63) is 186 Å². The highest BCUT2D eigenvalue weighted by molar-refractivity contribution is 5.99. The quantitative estimate of drug-likeness (QED) is 0.169. The van der Waals surface area contributed by atoms with Crippen LogP contribution in [0.15, 0.2) is 132 Å². The van der Waals surface area contributed by atoms with Crippen LogP contribution < -0.4 is 10.4 Å². The summed E-state index contributed by atoms with van der Waals surface area (Å²) in [5, 5.41) is 5.94. The Hall–Kier alpha value is -4.94. The molecular formula is C62H76. The zero-order chi connectivity index (χ0) is 44.9. The first-order valence-electron chi connectivity index (χ1n) is 24.4. The van der Waals surface area contributed by atoms with Gasteiger partial charge in [-0.15, -0.1) is 0 Å². The van der Waals surface area contributed by atoms with Gasteiger partial charge in [0.05, 0.1) is 0 Å². The molecule has 2 unspecified atom stereocenters. The second kappa shape index (κ2) is 19.6. The Labute approximate surface area is 377 Å². The van der Waals surface area contributed by atoms with Crippen LogP contribution in [0.2, 0.25) is 0 Å². The molecule has 5 aromatic rings. The van der Waals surface area contributed by atoms with Crippen molar-refractivity contribution in [2.75, 3.05) is 0 Å². The molecule has 2 atom stereocenters. The number of fused-ring (bicyclic) bond motifs is 2. The van der Waals surface area contributed by atoms with Crippen molar-refractivity contribution in [1.82, 2.24) is 0 Å². The second-order valence-electron chi connectivity index (χ2n) is 18.8. The highest BCUT2D eigenvalue weighted by Gasteiger charge is 2.35. The van der Waals surface area contributed by atoms with Crippen LogP contribution in [0.5, 0.6) is 0 Å². The topological polar surface area (TPSA) is 0 Å². The second-order valence-corrected chi connectivity index (χ2v) is 18.8. The van der Waals surface area contributed by atoms with Crippen LogP contribution in [0.1, 0.15) is 179 Å². The number of hydrogen-bond donors (Lipinski definition) is 0. The molecule has 0 fully saturated rings. The van der Waals surface area contributed by atoms with Crippen LogP contribution in [0.3, 0.4) is 0 Å². The lowest BCUT2D eigenvalue weighted by molar-refractivity contribution is 0.480. The average molecular weight is 821 g/mol. The lowest BCUT2D eigenvalue weighted by Crippen LogP contribution is -2.28. The molecule has 324 valence electrons. The standard InChI is InChI=1S/C54H52.4C2H6/c1-53(2,3)41-19-15-33(16-20-41)47-31-49(39-27-35-11-7-8-12-36(35)28-39)45-26-24-44-48(34-17-21-42(22-18-34)54(4,5)6)32-50(46-25-23-43(47)51(45)52(44)46)40-29-37-13-9-10-14-38(37)30-40;4*1-2/h7-17,19-21,23-27,29,49-50H,18,22,28,30-32H2,1-6H3;4*1-2H3. The molecule has 0 radical (unpaired) electrons. The number of rotatable bonds is 4. The van der Waals surface area contributed by atoms with E-state index < -0.39 is 0 Å². The molecule has 0 saturated heterocycles. The largest absolute Gasteiger partial charge is 0.0683 e. The molecule has 0 saturated carbocycles. The maximum atomic E-state index is 2.55. The Bertz CT molecular complexity index is 2650. The van der Waals surface area contributed by atoms with E-state index in [0.717, 1.165) is 38.5 Å². The van der Waals surface area contributed by atoms with Crippen molar-refractivity contribution in [3.8, 4) is 0 Å². The van der Waals surface area contributed by atoms with E-state index in [9.17, 15) is 0 Å². The zero-order valence-electron chi connectivity index (χ0n) is 40.9. The number of allylic oxidation sites excluding steroid dienone is 6. The monoisotopic (exact) mass is 821 g/mol. The van der Waals surface area contributed by atoms with Crippen molar-refractivity contribution in [2.45, 2.75) is 153 Å². The van der Waals surface area contributed by atoms with Crippen molar-refractivity contribution in [1.29, 1.82) is 0 Å².